The SMILES string of the molecule is CC(C)(C)C1=CN(c2cccc(C(C)(C)C)c2)CN1c1cc(Oc2ccc3c4cc(-c5ccccc5)ccc4n(-c4cc(C(C)(C)C)ccn4)c3c2)cc(C(C)(C)c2ccccc2)c1. The minimum Gasteiger partial charge on any atom is -0.457 e. The van der Waals surface area contributed by atoms with Crippen molar-refractivity contribution in [2.24, 2.45) is 5.41 Å². The number of hydrogen-bond acceptors (Lipinski definition) is 4. The second-order valence-corrected chi connectivity index (χ2v) is 21.2. The molecule has 1 aliphatic rings. The van der Waals surface area contributed by atoms with Gasteiger partial charge in [0.25, 0.3) is 0 Å². The number of ether oxygens (including phenoxy) is 1. The molecule has 0 N–H and O–H groups in total. The molecule has 2 aromatic heterocycles. The highest BCUT2D eigenvalue weighted by molar-refractivity contribution is 6.10. The van der Waals surface area contributed by atoms with Crippen molar-refractivity contribution in [1.82, 2.24) is 9.55 Å². The Balaban J connectivity index is 1.18. The zero-order valence-electron chi connectivity index (χ0n) is 39.5. The number of rotatable bonds is 8. The Morgan fingerprint density at radius 2 is 1.14 bits per heavy atom. The molecule has 0 saturated carbocycles. The van der Waals surface area contributed by atoms with E-state index in [0.29, 0.717) is 6.67 Å². The van der Waals surface area contributed by atoms with E-state index >= 15 is 0 Å². The van der Waals surface area contributed by atoms with Crippen molar-refractivity contribution in [3.63, 3.8) is 0 Å². The number of benzene rings is 6. The molecule has 0 spiro atoms. The quantitative estimate of drug-likeness (QED) is 0.153. The number of pyridine rings is 1. The summed E-state index contributed by atoms with van der Waals surface area (Å²) in [6.45, 7) is 25.8. The smallest absolute Gasteiger partial charge is 0.137 e. The van der Waals surface area contributed by atoms with E-state index in [1.54, 1.807) is 0 Å². The molecule has 0 fully saturated rings. The molecule has 0 saturated heterocycles. The van der Waals surface area contributed by atoms with E-state index in [4.69, 9.17) is 9.72 Å². The van der Waals surface area contributed by atoms with E-state index in [1.165, 1.54) is 50.2 Å². The van der Waals surface area contributed by atoms with Gasteiger partial charge in [-0.05, 0) is 105 Å². The maximum absolute atomic E-state index is 7.11. The highest BCUT2D eigenvalue weighted by Gasteiger charge is 2.34. The molecule has 5 nitrogen and oxygen atoms in total. The fraction of sp³-hybridized carbons (Fsp3) is 0.271. The summed E-state index contributed by atoms with van der Waals surface area (Å²) in [6.07, 6.45) is 4.28. The van der Waals surface area contributed by atoms with Gasteiger partial charge in [0.05, 0.1) is 17.7 Å². The fourth-order valence-electron chi connectivity index (χ4n) is 9.06. The van der Waals surface area contributed by atoms with Crippen LogP contribution < -0.4 is 14.5 Å². The van der Waals surface area contributed by atoms with E-state index in [-0.39, 0.29) is 21.7 Å². The zero-order valence-corrected chi connectivity index (χ0v) is 39.5. The van der Waals surface area contributed by atoms with Gasteiger partial charge in [-0.3, -0.25) is 4.57 Å². The molecule has 8 aromatic rings. The van der Waals surface area contributed by atoms with Crippen LogP contribution in [0.5, 0.6) is 11.5 Å². The van der Waals surface area contributed by atoms with Crippen LogP contribution in [0.2, 0.25) is 0 Å². The molecule has 0 aliphatic carbocycles. The van der Waals surface area contributed by atoms with Gasteiger partial charge in [0.15, 0.2) is 0 Å². The van der Waals surface area contributed by atoms with Gasteiger partial charge in [-0.15, -0.1) is 0 Å². The molecule has 324 valence electrons. The third-order valence-electron chi connectivity index (χ3n) is 13.0. The Kier molecular flexibility index (Phi) is 10.6. The number of hydrogen-bond donors (Lipinski definition) is 0. The summed E-state index contributed by atoms with van der Waals surface area (Å²) in [6, 6.07) is 54.9. The third kappa shape index (κ3) is 8.20. The summed E-state index contributed by atoms with van der Waals surface area (Å²) < 4.78 is 9.41. The molecule has 5 heteroatoms. The molecule has 0 bridgehead atoms. The van der Waals surface area contributed by atoms with E-state index in [9.17, 15) is 0 Å². The molecule has 0 atom stereocenters. The van der Waals surface area contributed by atoms with Crippen molar-refractivity contribution in [2.75, 3.05) is 16.5 Å². The van der Waals surface area contributed by atoms with E-state index in [0.717, 1.165) is 39.4 Å². The van der Waals surface area contributed by atoms with Crippen LogP contribution in [0.3, 0.4) is 0 Å². The molecule has 64 heavy (non-hydrogen) atoms. The zero-order chi connectivity index (χ0) is 45.2. The first-order valence-electron chi connectivity index (χ1n) is 22.7. The van der Waals surface area contributed by atoms with Crippen LogP contribution in [0.25, 0.3) is 38.8 Å². The Morgan fingerprint density at radius 3 is 1.84 bits per heavy atom. The van der Waals surface area contributed by atoms with Crippen molar-refractivity contribution in [3.8, 4) is 28.4 Å². The first-order valence-corrected chi connectivity index (χ1v) is 22.7. The summed E-state index contributed by atoms with van der Waals surface area (Å²) in [5.74, 6) is 2.44. The number of aromatic nitrogens is 2. The summed E-state index contributed by atoms with van der Waals surface area (Å²) in [7, 11) is 0. The lowest BCUT2D eigenvalue weighted by Gasteiger charge is -2.33. The number of anilines is 2. The van der Waals surface area contributed by atoms with E-state index in [2.05, 4.69) is 248 Å². The van der Waals surface area contributed by atoms with Crippen molar-refractivity contribution in [2.45, 2.75) is 92.4 Å². The van der Waals surface area contributed by atoms with Crippen LogP contribution in [0.1, 0.15) is 98.4 Å². The first-order chi connectivity index (χ1) is 30.3. The molecule has 0 radical (unpaired) electrons. The maximum Gasteiger partial charge on any atom is 0.137 e. The number of allylic oxidation sites excluding steroid dienone is 1. The lowest BCUT2D eigenvalue weighted by Crippen LogP contribution is -2.31. The van der Waals surface area contributed by atoms with Gasteiger partial charge in [0.2, 0.25) is 0 Å². The monoisotopic (exact) mass is 842 g/mol. The normalized spacial score (nSPS) is 13.8. The minimum absolute atomic E-state index is 0.0354. The number of fused-ring (bicyclic) bond motifs is 3. The van der Waals surface area contributed by atoms with Crippen molar-refractivity contribution >= 4 is 33.2 Å². The molecule has 0 unspecified atom stereocenters. The van der Waals surface area contributed by atoms with Gasteiger partial charge in [-0.2, -0.15) is 0 Å². The Bertz CT molecular complexity index is 3030. The van der Waals surface area contributed by atoms with Gasteiger partial charge >= 0.3 is 0 Å². The topological polar surface area (TPSA) is 33.5 Å². The Labute approximate surface area is 380 Å². The molecular weight excluding hydrogens is 781 g/mol. The van der Waals surface area contributed by atoms with Crippen LogP contribution in [0, 0.1) is 5.41 Å². The summed E-state index contributed by atoms with van der Waals surface area (Å²) >= 11 is 0. The highest BCUT2D eigenvalue weighted by Crippen LogP contribution is 2.44. The van der Waals surface area contributed by atoms with Gasteiger partial charge in [0.1, 0.15) is 17.3 Å². The summed E-state index contributed by atoms with van der Waals surface area (Å²) in [5, 5.41) is 2.32. The minimum atomic E-state index is -0.308. The van der Waals surface area contributed by atoms with Gasteiger partial charge in [0, 0.05) is 63.2 Å². The van der Waals surface area contributed by atoms with Crippen LogP contribution >= 0.6 is 0 Å². The Morgan fingerprint density at radius 1 is 0.469 bits per heavy atom. The molecule has 6 aromatic carbocycles. The van der Waals surface area contributed by atoms with Crippen LogP contribution in [0.15, 0.2) is 170 Å². The average Bonchev–Trinajstić information content (AvgIpc) is 3.87. The average molecular weight is 843 g/mol. The molecule has 9 rings (SSSR count). The Hall–Kier alpha value is -6.59. The first kappa shape index (κ1) is 42.7. The molecule has 0 amide bonds. The maximum atomic E-state index is 7.11. The molecule has 3 heterocycles. The van der Waals surface area contributed by atoms with Crippen LogP contribution in [-0.4, -0.2) is 16.2 Å². The third-order valence-corrected chi connectivity index (χ3v) is 13.0. The largest absolute Gasteiger partial charge is 0.457 e. The number of nitrogens with zero attached hydrogens (tertiary/aromatic N) is 4. The lowest BCUT2D eigenvalue weighted by atomic mass is 9.78. The van der Waals surface area contributed by atoms with Crippen molar-refractivity contribution in [3.05, 3.63) is 192 Å². The second-order valence-electron chi connectivity index (χ2n) is 21.2. The predicted molar refractivity (Wildman–Crippen MR) is 270 cm³/mol. The lowest BCUT2D eigenvalue weighted by molar-refractivity contribution is 0.478. The van der Waals surface area contributed by atoms with Crippen molar-refractivity contribution in [1.29, 1.82) is 0 Å². The van der Waals surface area contributed by atoms with E-state index in [1.807, 2.05) is 6.20 Å². The fourth-order valence-corrected chi connectivity index (χ4v) is 9.06. The predicted octanol–water partition coefficient (Wildman–Crippen LogP) is 15.7. The standard InChI is InChI=1S/C59H62N4O/c1-56(2,3)43-23-18-24-46(32-43)61-38-54(58(7,8)9)62(39-61)47-33-45(59(10,11)42-21-16-13-17-22-42)34-49(36-47)64-48-26-27-50-51-31-41(40-19-14-12-15-20-40)25-28-52(51)63(53(50)37-48)55-35-44(29-30-60-55)57(4,5)6/h12-38H,39H2,1-11H3. The summed E-state index contributed by atoms with van der Waals surface area (Å²) in [5.41, 5.74) is 12.6. The summed E-state index contributed by atoms with van der Waals surface area (Å²) in [4.78, 5) is 9.86. The molecule has 1 aliphatic heterocycles. The molecular formula is C59H62N4O. The van der Waals surface area contributed by atoms with Gasteiger partial charge in [-0.1, -0.05) is 155 Å². The van der Waals surface area contributed by atoms with Crippen LogP contribution in [0.4, 0.5) is 11.4 Å². The van der Waals surface area contributed by atoms with E-state index < -0.39 is 0 Å². The van der Waals surface area contributed by atoms with Gasteiger partial charge in [-0.25, -0.2) is 4.98 Å². The van der Waals surface area contributed by atoms with Crippen LogP contribution in [-0.2, 0) is 16.2 Å². The van der Waals surface area contributed by atoms with Gasteiger partial charge < -0.3 is 14.5 Å². The highest BCUT2D eigenvalue weighted by atomic mass is 16.5. The van der Waals surface area contributed by atoms with Crippen molar-refractivity contribution < 1.29 is 4.74 Å². The second kappa shape index (κ2) is 15.9.